The molecule has 1 fully saturated rings. The Balaban J connectivity index is 1.29. The van der Waals surface area contributed by atoms with E-state index in [4.69, 9.17) is 16.6 Å². The summed E-state index contributed by atoms with van der Waals surface area (Å²) in [7, 11) is -2.31. The van der Waals surface area contributed by atoms with E-state index in [1.54, 1.807) is 35.3 Å². The van der Waals surface area contributed by atoms with Gasteiger partial charge >= 0.3 is 6.18 Å². The van der Waals surface area contributed by atoms with Crippen LogP contribution in [0.1, 0.15) is 66.5 Å². The van der Waals surface area contributed by atoms with Crippen LogP contribution in [0.3, 0.4) is 0 Å². The number of carbonyl (C=O) groups excluding carboxylic acids is 1. The van der Waals surface area contributed by atoms with Crippen molar-refractivity contribution in [1.82, 2.24) is 39.6 Å². The molecule has 0 unspecified atom stereocenters. The molecule has 1 saturated carbocycles. The minimum absolute atomic E-state index is 0.0333. The molecule has 0 aliphatic heterocycles. The molecule has 2 aromatic carbocycles. The van der Waals surface area contributed by atoms with Crippen molar-refractivity contribution in [1.29, 1.82) is 0 Å². The third-order valence-corrected chi connectivity index (χ3v) is 11.3. The standard InChI is InChI=1S/C38H33ClF7N9O3S/c1-17(2)54-15-19(14-47-54)27-8-6-22(23-5-7-26(39)31-33(23)53(3)51-36(31)52-59(4,57)58)32(49-27)28(11-18-9-20(40)12-21(41)10-18)48-29(56)16-55-35-30(34(50-55)38(44,45)46)24-13-25(24)37(35,42)43/h5-10,12,14-15,17,24-25,28H,11,13,16H2,1-4H3,(H,48,56)(H,51,52)/t24-,25+,28-/m0/s1. The lowest BCUT2D eigenvalue weighted by molar-refractivity contribution is -0.142. The van der Waals surface area contributed by atoms with Crippen LogP contribution < -0.4 is 10.0 Å². The van der Waals surface area contributed by atoms with Gasteiger partial charge < -0.3 is 5.32 Å². The second-order valence-corrected chi connectivity index (χ2v) is 17.2. The summed E-state index contributed by atoms with van der Waals surface area (Å²) in [6, 6.07) is 7.65. The van der Waals surface area contributed by atoms with Crippen LogP contribution in [-0.2, 0) is 46.9 Å². The summed E-state index contributed by atoms with van der Waals surface area (Å²) in [5.74, 6) is -9.10. The maximum absolute atomic E-state index is 15.5. The third-order valence-electron chi connectivity index (χ3n) is 10.4. The van der Waals surface area contributed by atoms with Gasteiger partial charge in [-0.2, -0.15) is 37.2 Å². The highest BCUT2D eigenvalue weighted by Crippen LogP contribution is 2.68. The average molecular weight is 864 g/mol. The summed E-state index contributed by atoms with van der Waals surface area (Å²) in [4.78, 5) is 19.0. The van der Waals surface area contributed by atoms with E-state index >= 15 is 8.78 Å². The summed E-state index contributed by atoms with van der Waals surface area (Å²) in [6.45, 7) is 2.74. The number of pyridine rings is 1. The minimum Gasteiger partial charge on any atom is -0.346 e. The maximum Gasteiger partial charge on any atom is 0.435 e. The molecular formula is C38H33ClF7N9O3S. The van der Waals surface area contributed by atoms with Crippen molar-refractivity contribution >= 4 is 44.3 Å². The van der Waals surface area contributed by atoms with E-state index in [1.165, 1.54) is 17.8 Å². The molecule has 2 aliphatic carbocycles. The first kappa shape index (κ1) is 40.3. The van der Waals surface area contributed by atoms with E-state index in [0.717, 1.165) is 18.4 Å². The molecule has 21 heteroatoms. The van der Waals surface area contributed by atoms with Gasteiger partial charge in [0.15, 0.2) is 11.5 Å². The number of nitrogens with one attached hydrogen (secondary N) is 2. The number of nitrogens with zero attached hydrogens (tertiary/aromatic N) is 7. The smallest absolute Gasteiger partial charge is 0.346 e. The lowest BCUT2D eigenvalue weighted by Crippen LogP contribution is -2.35. The first-order chi connectivity index (χ1) is 27.6. The Morgan fingerprint density at radius 3 is 2.39 bits per heavy atom. The number of rotatable bonds is 11. The predicted octanol–water partition coefficient (Wildman–Crippen LogP) is 7.91. The number of aromatic nitrogens is 7. The fraction of sp³-hybridized carbons (Fsp3) is 0.342. The molecule has 0 saturated heterocycles. The summed E-state index contributed by atoms with van der Waals surface area (Å²) in [6.07, 6.45) is -1.37. The molecule has 0 spiro atoms. The molecule has 59 heavy (non-hydrogen) atoms. The van der Waals surface area contributed by atoms with E-state index in [0.29, 0.717) is 33.1 Å². The van der Waals surface area contributed by atoms with Crippen LogP contribution in [0.5, 0.6) is 0 Å². The zero-order valence-corrected chi connectivity index (χ0v) is 33.0. The highest BCUT2D eigenvalue weighted by Gasteiger charge is 2.68. The first-order valence-electron chi connectivity index (χ1n) is 18.1. The second-order valence-electron chi connectivity index (χ2n) is 15.0. The Bertz CT molecular complexity index is 2780. The van der Waals surface area contributed by atoms with E-state index in [2.05, 4.69) is 25.3 Å². The molecule has 3 atom stereocenters. The average Bonchev–Trinajstić information content (AvgIpc) is 3.36. The van der Waals surface area contributed by atoms with Gasteiger partial charge in [-0.1, -0.05) is 23.7 Å². The molecular weight excluding hydrogens is 831 g/mol. The van der Waals surface area contributed by atoms with Crippen molar-refractivity contribution in [3.05, 3.63) is 99.7 Å². The topological polar surface area (TPSA) is 142 Å². The Hall–Kier alpha value is -5.50. The van der Waals surface area contributed by atoms with Gasteiger partial charge in [0, 0.05) is 53.5 Å². The molecule has 310 valence electrons. The number of amides is 1. The molecule has 4 aromatic heterocycles. The monoisotopic (exact) mass is 863 g/mol. The summed E-state index contributed by atoms with van der Waals surface area (Å²) in [5, 5.41) is 15.2. The highest BCUT2D eigenvalue weighted by molar-refractivity contribution is 7.92. The van der Waals surface area contributed by atoms with Gasteiger partial charge in [-0.25, -0.2) is 22.2 Å². The van der Waals surface area contributed by atoms with Crippen molar-refractivity contribution < 1.29 is 43.9 Å². The van der Waals surface area contributed by atoms with E-state index in [-0.39, 0.29) is 51.9 Å². The Morgan fingerprint density at radius 2 is 1.75 bits per heavy atom. The van der Waals surface area contributed by atoms with Crippen LogP contribution in [-0.4, -0.2) is 54.9 Å². The van der Waals surface area contributed by atoms with Gasteiger partial charge in [-0.3, -0.25) is 23.6 Å². The number of aryl methyl sites for hydroxylation is 1. The fourth-order valence-electron chi connectivity index (χ4n) is 7.87. The number of hydrogen-bond acceptors (Lipinski definition) is 7. The second kappa shape index (κ2) is 14.1. The number of hydrogen-bond donors (Lipinski definition) is 2. The fourth-order valence-corrected chi connectivity index (χ4v) is 8.61. The lowest BCUT2D eigenvalue weighted by atomic mass is 9.93. The maximum atomic E-state index is 15.5. The number of anilines is 1. The number of benzene rings is 2. The van der Waals surface area contributed by atoms with Crippen molar-refractivity contribution in [2.24, 2.45) is 13.0 Å². The summed E-state index contributed by atoms with van der Waals surface area (Å²) in [5.41, 5.74) is -1.19. The predicted molar refractivity (Wildman–Crippen MR) is 202 cm³/mol. The normalized spacial score (nSPS) is 17.6. The Morgan fingerprint density at radius 1 is 1.05 bits per heavy atom. The summed E-state index contributed by atoms with van der Waals surface area (Å²) < 4.78 is 133. The van der Waals surface area contributed by atoms with Gasteiger partial charge in [0.05, 0.1) is 45.8 Å². The molecule has 0 bridgehead atoms. The number of halogens is 8. The molecule has 2 aliphatic rings. The Labute approximate surface area is 336 Å². The van der Waals surface area contributed by atoms with Gasteiger partial charge in [0.25, 0.3) is 5.92 Å². The third kappa shape index (κ3) is 7.40. The van der Waals surface area contributed by atoms with Crippen molar-refractivity contribution in [2.75, 3.05) is 11.0 Å². The van der Waals surface area contributed by atoms with Crippen LogP contribution in [0.15, 0.2) is 54.9 Å². The molecule has 0 radical (unpaired) electrons. The van der Waals surface area contributed by atoms with Gasteiger partial charge in [-0.05, 0) is 62.4 Å². The molecule has 6 aromatic rings. The largest absolute Gasteiger partial charge is 0.435 e. The zero-order valence-electron chi connectivity index (χ0n) is 31.4. The van der Waals surface area contributed by atoms with Gasteiger partial charge in [0.1, 0.15) is 23.9 Å². The SMILES string of the molecule is CC(C)n1cc(-c2ccc(-c3ccc(Cl)c4c(NS(C)(=O)=O)nn(C)c34)c([C@H](Cc3cc(F)cc(F)c3)NC(=O)Cn3nc(C(F)(F)F)c4c3C(F)(F)[C@@H]3C[C@H]43)n2)cn1. The van der Waals surface area contributed by atoms with Gasteiger partial charge in [-0.15, -0.1) is 0 Å². The van der Waals surface area contributed by atoms with Crippen LogP contribution in [0, 0.1) is 17.6 Å². The number of sulfonamides is 1. The van der Waals surface area contributed by atoms with Crippen LogP contribution in [0.2, 0.25) is 5.02 Å². The molecule has 8 rings (SSSR count). The molecule has 4 heterocycles. The quantitative estimate of drug-likeness (QED) is 0.126. The highest BCUT2D eigenvalue weighted by atomic mass is 35.5. The van der Waals surface area contributed by atoms with E-state index in [1.807, 2.05) is 13.8 Å². The van der Waals surface area contributed by atoms with Crippen LogP contribution >= 0.6 is 11.6 Å². The van der Waals surface area contributed by atoms with E-state index in [9.17, 15) is 35.2 Å². The Kier molecular flexibility index (Phi) is 9.60. The summed E-state index contributed by atoms with van der Waals surface area (Å²) >= 11 is 6.61. The number of carbonyl (C=O) groups is 1. The van der Waals surface area contributed by atoms with Crippen LogP contribution in [0.25, 0.3) is 33.3 Å². The van der Waals surface area contributed by atoms with Crippen molar-refractivity contribution in [3.8, 4) is 22.4 Å². The van der Waals surface area contributed by atoms with Gasteiger partial charge in [0.2, 0.25) is 15.9 Å². The molecule has 12 nitrogen and oxygen atoms in total. The number of fused-ring (bicyclic) bond motifs is 4. The zero-order chi connectivity index (χ0) is 42.5. The van der Waals surface area contributed by atoms with Crippen molar-refractivity contribution in [3.63, 3.8) is 0 Å². The molecule has 1 amide bonds. The number of alkyl halides is 5. The molecule has 2 N–H and O–H groups in total. The van der Waals surface area contributed by atoms with E-state index < -0.39 is 81.0 Å². The lowest BCUT2D eigenvalue weighted by Gasteiger charge is -2.23. The minimum atomic E-state index is -5.07. The van der Waals surface area contributed by atoms with Crippen molar-refractivity contribution in [2.45, 2.75) is 63.3 Å². The first-order valence-corrected chi connectivity index (χ1v) is 20.4. The van der Waals surface area contributed by atoms with Crippen LogP contribution in [0.4, 0.5) is 36.6 Å².